The molecule has 0 aliphatic carbocycles. The molecule has 12 heavy (non-hydrogen) atoms. The second-order valence-corrected chi connectivity index (χ2v) is 4.70. The van der Waals surface area contributed by atoms with Crippen molar-refractivity contribution in [2.75, 3.05) is 0 Å². The summed E-state index contributed by atoms with van der Waals surface area (Å²) in [5, 5.41) is 12.1. The molecule has 0 aromatic rings. The van der Waals surface area contributed by atoms with Crippen LogP contribution in [0.15, 0.2) is 0 Å². The van der Waals surface area contributed by atoms with Crippen molar-refractivity contribution in [3.8, 4) is 6.07 Å². The molecule has 2 nitrogen and oxygen atoms in total. The third-order valence-corrected chi connectivity index (χ3v) is 2.59. The molecule has 2 heteroatoms. The second-order valence-electron chi connectivity index (χ2n) is 4.70. The summed E-state index contributed by atoms with van der Waals surface area (Å²) in [4.78, 5) is 0. The van der Waals surface area contributed by atoms with Crippen LogP contribution in [-0.4, -0.2) is 12.1 Å². The Kier molecular flexibility index (Phi) is 2.74. The highest BCUT2D eigenvalue weighted by Crippen LogP contribution is 2.27. The molecule has 0 aromatic heterocycles. The van der Waals surface area contributed by atoms with Gasteiger partial charge in [-0.3, -0.25) is 5.32 Å². The fourth-order valence-corrected chi connectivity index (χ4v) is 1.72. The summed E-state index contributed by atoms with van der Waals surface area (Å²) in [5.74, 6) is 0. The Morgan fingerprint density at radius 3 is 2.50 bits per heavy atom. The zero-order valence-corrected chi connectivity index (χ0v) is 8.22. The maximum atomic E-state index is 8.76. The molecule has 0 bridgehead atoms. The van der Waals surface area contributed by atoms with Gasteiger partial charge in [0.05, 0.1) is 12.1 Å². The van der Waals surface area contributed by atoms with E-state index < -0.39 is 0 Å². The molecule has 0 amide bonds. The molecule has 68 valence electrons. The molecule has 1 aliphatic rings. The number of piperidine rings is 1. The van der Waals surface area contributed by atoms with E-state index in [-0.39, 0.29) is 11.5 Å². The first-order valence-corrected chi connectivity index (χ1v) is 4.69. The zero-order valence-electron chi connectivity index (χ0n) is 8.22. The van der Waals surface area contributed by atoms with Gasteiger partial charge in [0.1, 0.15) is 0 Å². The number of nitrogens with one attached hydrogen (secondary N) is 1. The third kappa shape index (κ3) is 2.22. The van der Waals surface area contributed by atoms with Gasteiger partial charge in [0.25, 0.3) is 0 Å². The van der Waals surface area contributed by atoms with Crippen LogP contribution >= 0.6 is 0 Å². The van der Waals surface area contributed by atoms with Crippen LogP contribution < -0.4 is 5.32 Å². The van der Waals surface area contributed by atoms with Crippen LogP contribution in [0, 0.1) is 16.7 Å². The summed E-state index contributed by atoms with van der Waals surface area (Å²) >= 11 is 0. The van der Waals surface area contributed by atoms with E-state index >= 15 is 0 Å². The van der Waals surface area contributed by atoms with E-state index in [0.717, 1.165) is 6.42 Å². The van der Waals surface area contributed by atoms with Crippen LogP contribution in [0.25, 0.3) is 0 Å². The fourth-order valence-electron chi connectivity index (χ4n) is 1.72. The summed E-state index contributed by atoms with van der Waals surface area (Å²) < 4.78 is 0. The zero-order chi connectivity index (χ0) is 9.19. The number of hydrogen-bond donors (Lipinski definition) is 1. The lowest BCUT2D eigenvalue weighted by atomic mass is 9.81. The van der Waals surface area contributed by atoms with Crippen molar-refractivity contribution in [2.45, 2.75) is 52.1 Å². The Balaban J connectivity index is 2.53. The molecule has 0 aromatic carbocycles. The maximum absolute atomic E-state index is 8.76. The van der Waals surface area contributed by atoms with Gasteiger partial charge in [0, 0.05) is 6.04 Å². The number of nitrogens with zero attached hydrogens (tertiary/aromatic N) is 1. The van der Waals surface area contributed by atoms with E-state index in [4.69, 9.17) is 5.26 Å². The minimum atomic E-state index is 0.0861. The summed E-state index contributed by atoms with van der Waals surface area (Å²) in [6.45, 7) is 6.68. The minimum Gasteiger partial charge on any atom is -0.299 e. The van der Waals surface area contributed by atoms with Crippen LogP contribution in [0.5, 0.6) is 0 Å². The Labute approximate surface area is 75.0 Å². The highest BCUT2D eigenvalue weighted by molar-refractivity contribution is 4.97. The maximum Gasteiger partial charge on any atom is 0.0955 e. The largest absolute Gasteiger partial charge is 0.299 e. The lowest BCUT2D eigenvalue weighted by Gasteiger charge is -2.36. The Morgan fingerprint density at radius 2 is 2.00 bits per heavy atom. The average molecular weight is 166 g/mol. The summed E-state index contributed by atoms with van der Waals surface area (Å²) in [6, 6.07) is 2.89. The predicted molar refractivity (Wildman–Crippen MR) is 49.6 cm³/mol. The average Bonchev–Trinajstić information content (AvgIpc) is 2.03. The lowest BCUT2D eigenvalue weighted by Crippen LogP contribution is -2.48. The van der Waals surface area contributed by atoms with Gasteiger partial charge in [-0.15, -0.1) is 0 Å². The molecular weight excluding hydrogens is 148 g/mol. The molecule has 0 spiro atoms. The molecule has 1 aliphatic heterocycles. The third-order valence-electron chi connectivity index (χ3n) is 2.59. The van der Waals surface area contributed by atoms with Gasteiger partial charge < -0.3 is 0 Å². The van der Waals surface area contributed by atoms with Crippen LogP contribution in [0.2, 0.25) is 0 Å². The Bertz CT molecular complexity index is 185. The van der Waals surface area contributed by atoms with Crippen molar-refractivity contribution in [2.24, 2.45) is 5.41 Å². The molecule has 1 rings (SSSR count). The molecule has 0 saturated carbocycles. The van der Waals surface area contributed by atoms with Gasteiger partial charge in [0.15, 0.2) is 0 Å². The van der Waals surface area contributed by atoms with Gasteiger partial charge >= 0.3 is 0 Å². The number of rotatable bonds is 0. The van der Waals surface area contributed by atoms with Gasteiger partial charge in [-0.05, 0) is 24.7 Å². The van der Waals surface area contributed by atoms with Gasteiger partial charge in [-0.2, -0.15) is 5.26 Å². The molecule has 1 N–H and O–H groups in total. The van der Waals surface area contributed by atoms with Crippen molar-refractivity contribution < 1.29 is 0 Å². The number of nitriles is 1. The van der Waals surface area contributed by atoms with E-state index in [0.29, 0.717) is 6.04 Å². The normalized spacial score (nSPS) is 31.2. The molecule has 2 atom stereocenters. The molecule has 1 saturated heterocycles. The summed E-state index contributed by atoms with van der Waals surface area (Å²) in [5.41, 5.74) is 0.287. The first kappa shape index (κ1) is 9.54. The standard InChI is InChI=1S/C10H18N2/c1-10(2,3)9-6-4-5-8(7-11)12-9/h8-9,12H,4-6H2,1-3H3/t8-,9+/m1/s1. The SMILES string of the molecule is CC(C)(C)[C@@H]1CCC[C@H](C#N)N1. The highest BCUT2D eigenvalue weighted by Gasteiger charge is 2.29. The topological polar surface area (TPSA) is 35.8 Å². The predicted octanol–water partition coefficient (Wildman–Crippen LogP) is 2.07. The second kappa shape index (κ2) is 3.45. The van der Waals surface area contributed by atoms with Gasteiger partial charge in [-0.25, -0.2) is 0 Å². The monoisotopic (exact) mass is 166 g/mol. The van der Waals surface area contributed by atoms with Gasteiger partial charge in [0.2, 0.25) is 0 Å². The Morgan fingerprint density at radius 1 is 1.33 bits per heavy atom. The summed E-state index contributed by atoms with van der Waals surface area (Å²) in [6.07, 6.45) is 3.41. The molecule has 1 heterocycles. The minimum absolute atomic E-state index is 0.0861. The van der Waals surface area contributed by atoms with Crippen LogP contribution in [0.4, 0.5) is 0 Å². The highest BCUT2D eigenvalue weighted by atomic mass is 15.0. The van der Waals surface area contributed by atoms with E-state index in [1.807, 2.05) is 0 Å². The smallest absolute Gasteiger partial charge is 0.0955 e. The van der Waals surface area contributed by atoms with E-state index in [1.165, 1.54) is 12.8 Å². The first-order chi connectivity index (χ1) is 5.54. The van der Waals surface area contributed by atoms with Crippen molar-refractivity contribution in [3.05, 3.63) is 0 Å². The molecule has 0 radical (unpaired) electrons. The van der Waals surface area contributed by atoms with E-state index in [1.54, 1.807) is 0 Å². The van der Waals surface area contributed by atoms with Crippen molar-refractivity contribution in [1.29, 1.82) is 5.26 Å². The van der Waals surface area contributed by atoms with E-state index in [2.05, 4.69) is 32.2 Å². The van der Waals surface area contributed by atoms with Crippen molar-refractivity contribution in [1.82, 2.24) is 5.32 Å². The van der Waals surface area contributed by atoms with Crippen molar-refractivity contribution >= 4 is 0 Å². The number of hydrogen-bond acceptors (Lipinski definition) is 2. The van der Waals surface area contributed by atoms with Crippen LogP contribution in [-0.2, 0) is 0 Å². The molecular formula is C10H18N2. The van der Waals surface area contributed by atoms with Crippen LogP contribution in [0.3, 0.4) is 0 Å². The quantitative estimate of drug-likeness (QED) is 0.598. The first-order valence-electron chi connectivity index (χ1n) is 4.69. The molecule has 0 unspecified atom stereocenters. The lowest BCUT2D eigenvalue weighted by molar-refractivity contribution is 0.209. The molecule has 1 fully saturated rings. The summed E-state index contributed by atoms with van der Waals surface area (Å²) in [7, 11) is 0. The Hall–Kier alpha value is -0.550. The fraction of sp³-hybridized carbons (Fsp3) is 0.900. The van der Waals surface area contributed by atoms with Gasteiger partial charge in [-0.1, -0.05) is 20.8 Å². The van der Waals surface area contributed by atoms with E-state index in [9.17, 15) is 0 Å². The van der Waals surface area contributed by atoms with Crippen LogP contribution in [0.1, 0.15) is 40.0 Å². The van der Waals surface area contributed by atoms with Crippen molar-refractivity contribution in [3.63, 3.8) is 0 Å².